The molecule has 10 heteroatoms. The molecule has 0 radical (unpaired) electrons. The van der Waals surface area contributed by atoms with Crippen molar-refractivity contribution >= 4 is 21.6 Å². The highest BCUT2D eigenvalue weighted by Crippen LogP contribution is 2.31. The summed E-state index contributed by atoms with van der Waals surface area (Å²) in [7, 11) is -3.64. The molecule has 0 spiro atoms. The van der Waals surface area contributed by atoms with Crippen LogP contribution in [0.25, 0.3) is 11.3 Å². The number of halogens is 3. The number of nitrogens with zero attached hydrogens (tertiary/aromatic N) is 1. The van der Waals surface area contributed by atoms with Crippen molar-refractivity contribution in [3.8, 4) is 11.3 Å². The van der Waals surface area contributed by atoms with Gasteiger partial charge in [0.1, 0.15) is 0 Å². The number of hydrogen-bond acceptors (Lipinski definition) is 4. The third kappa shape index (κ3) is 6.18. The Labute approximate surface area is 224 Å². The number of aromatic nitrogens is 1. The average Bonchev–Trinajstić information content (AvgIpc) is 3.29. The largest absolute Gasteiger partial charge is 0.322 e. The van der Waals surface area contributed by atoms with Crippen LogP contribution in [0.2, 0.25) is 0 Å². The van der Waals surface area contributed by atoms with Crippen LogP contribution in [0.4, 0.5) is 19.2 Å². The van der Waals surface area contributed by atoms with Gasteiger partial charge in [-0.1, -0.05) is 48.5 Å². The normalized spacial score (nSPS) is 14.8. The van der Waals surface area contributed by atoms with E-state index in [1.807, 2.05) is 12.1 Å². The lowest BCUT2D eigenvalue weighted by molar-refractivity contribution is 0.0175. The predicted molar refractivity (Wildman–Crippen MR) is 144 cm³/mol. The zero-order valence-electron chi connectivity index (χ0n) is 20.9. The van der Waals surface area contributed by atoms with Gasteiger partial charge in [0, 0.05) is 36.0 Å². The quantitative estimate of drug-likeness (QED) is 0.307. The Morgan fingerprint density at radius 2 is 1.62 bits per heavy atom. The number of pyridine rings is 1. The molecule has 5 rings (SSSR count). The molecule has 0 saturated heterocycles. The van der Waals surface area contributed by atoms with E-state index < -0.39 is 21.9 Å². The van der Waals surface area contributed by atoms with Crippen molar-refractivity contribution in [2.24, 2.45) is 0 Å². The SMILES string of the molecule is CC(F)(F)c1ccc(-c2ncccc2C(=O)Nc2ccc3c(c2)CC(NS(=O)(=O)c2ccccc2)C3)cc1.F. The van der Waals surface area contributed by atoms with Gasteiger partial charge in [0.15, 0.2) is 0 Å². The van der Waals surface area contributed by atoms with Gasteiger partial charge >= 0.3 is 0 Å². The molecule has 202 valence electrons. The number of anilines is 1. The van der Waals surface area contributed by atoms with Crippen LogP contribution in [0, 0.1) is 0 Å². The zero-order valence-corrected chi connectivity index (χ0v) is 21.7. The molecular weight excluding hydrogens is 527 g/mol. The molecule has 1 aliphatic rings. The lowest BCUT2D eigenvalue weighted by Crippen LogP contribution is -2.35. The maximum atomic E-state index is 13.6. The van der Waals surface area contributed by atoms with Gasteiger partial charge in [0.25, 0.3) is 11.8 Å². The summed E-state index contributed by atoms with van der Waals surface area (Å²) in [5, 5.41) is 2.89. The summed E-state index contributed by atoms with van der Waals surface area (Å²) in [5.74, 6) is -3.35. The van der Waals surface area contributed by atoms with Crippen LogP contribution >= 0.6 is 0 Å². The fourth-order valence-electron chi connectivity index (χ4n) is 4.60. The zero-order chi connectivity index (χ0) is 26.9. The van der Waals surface area contributed by atoms with Crippen molar-refractivity contribution in [2.45, 2.75) is 36.6 Å². The Morgan fingerprint density at radius 3 is 2.31 bits per heavy atom. The van der Waals surface area contributed by atoms with Gasteiger partial charge < -0.3 is 5.32 Å². The molecule has 39 heavy (non-hydrogen) atoms. The van der Waals surface area contributed by atoms with Gasteiger partial charge in [0.2, 0.25) is 10.0 Å². The van der Waals surface area contributed by atoms with Gasteiger partial charge in [-0.05, 0) is 60.4 Å². The lowest BCUT2D eigenvalue weighted by Gasteiger charge is -2.13. The Hall–Kier alpha value is -4.02. The summed E-state index contributed by atoms with van der Waals surface area (Å²) in [6.45, 7) is 0.832. The number of benzene rings is 3. The summed E-state index contributed by atoms with van der Waals surface area (Å²) in [6, 6.07) is 22.4. The van der Waals surface area contributed by atoms with Crippen LogP contribution in [0.5, 0.6) is 0 Å². The highest BCUT2D eigenvalue weighted by Gasteiger charge is 2.27. The summed E-state index contributed by atoms with van der Waals surface area (Å²) in [6.07, 6.45) is 2.59. The Balaban J connectivity index is 0.00000353. The second kappa shape index (κ2) is 11.0. The number of carbonyl (C=O) groups is 1. The van der Waals surface area contributed by atoms with Crippen LogP contribution in [-0.4, -0.2) is 25.4 Å². The minimum atomic E-state index is -3.64. The lowest BCUT2D eigenvalue weighted by atomic mass is 10.0. The molecule has 3 aromatic carbocycles. The Morgan fingerprint density at radius 1 is 0.923 bits per heavy atom. The van der Waals surface area contributed by atoms with E-state index >= 15 is 0 Å². The first-order chi connectivity index (χ1) is 18.1. The smallest absolute Gasteiger partial charge is 0.270 e. The third-order valence-corrected chi connectivity index (χ3v) is 8.03. The minimum Gasteiger partial charge on any atom is -0.322 e. The van der Waals surface area contributed by atoms with Crippen LogP contribution in [0.15, 0.2) is 96.0 Å². The van der Waals surface area contributed by atoms with E-state index in [2.05, 4.69) is 15.0 Å². The molecular formula is C29H26F3N3O3S. The van der Waals surface area contributed by atoms with Crippen LogP contribution < -0.4 is 10.0 Å². The average molecular weight is 554 g/mol. The first-order valence-corrected chi connectivity index (χ1v) is 13.5. The van der Waals surface area contributed by atoms with Crippen molar-refractivity contribution < 1.29 is 26.7 Å². The summed E-state index contributed by atoms with van der Waals surface area (Å²) in [4.78, 5) is 17.7. The summed E-state index contributed by atoms with van der Waals surface area (Å²) < 4.78 is 55.4. The fraction of sp³-hybridized carbons (Fsp3) is 0.172. The van der Waals surface area contributed by atoms with Crippen molar-refractivity contribution in [1.29, 1.82) is 0 Å². The van der Waals surface area contributed by atoms with Crippen molar-refractivity contribution in [3.63, 3.8) is 0 Å². The van der Waals surface area contributed by atoms with Crippen molar-refractivity contribution in [2.75, 3.05) is 5.32 Å². The van der Waals surface area contributed by atoms with Gasteiger partial charge in [-0.25, -0.2) is 21.9 Å². The molecule has 1 atom stereocenters. The molecule has 1 aromatic heterocycles. The monoisotopic (exact) mass is 553 g/mol. The second-order valence-electron chi connectivity index (χ2n) is 9.34. The number of sulfonamides is 1. The molecule has 0 saturated carbocycles. The van der Waals surface area contributed by atoms with E-state index in [-0.39, 0.29) is 21.2 Å². The van der Waals surface area contributed by atoms with Crippen LogP contribution in [0.3, 0.4) is 0 Å². The second-order valence-corrected chi connectivity index (χ2v) is 11.1. The number of carbonyl (C=O) groups excluding carboxylic acids is 1. The van der Waals surface area contributed by atoms with Crippen molar-refractivity contribution in [1.82, 2.24) is 9.71 Å². The number of rotatable bonds is 7. The fourth-order valence-corrected chi connectivity index (χ4v) is 5.86. The number of amides is 1. The van der Waals surface area contributed by atoms with Gasteiger partial charge in [0.05, 0.1) is 16.2 Å². The third-order valence-electron chi connectivity index (χ3n) is 6.49. The highest BCUT2D eigenvalue weighted by molar-refractivity contribution is 7.89. The van der Waals surface area contributed by atoms with Gasteiger partial charge in [-0.15, -0.1) is 0 Å². The van der Waals surface area contributed by atoms with Crippen molar-refractivity contribution in [3.05, 3.63) is 113 Å². The maximum absolute atomic E-state index is 13.6. The molecule has 0 aliphatic heterocycles. The van der Waals surface area contributed by atoms with Crippen LogP contribution in [-0.2, 0) is 28.8 Å². The number of nitrogens with one attached hydrogen (secondary N) is 2. The Bertz CT molecular complexity index is 1590. The molecule has 0 bridgehead atoms. The standard InChI is InChI=1S/C29H25F2N3O3S.FH/c1-29(30,31)22-12-9-19(10-13-22)27-26(8-5-15-32-27)28(35)33-23-14-11-20-16-24(18-21(20)17-23)34-38(36,37)25-6-3-2-4-7-25;/h2-15,17,24,34H,16,18H2,1H3,(H,33,35);1H. The van der Waals surface area contributed by atoms with Gasteiger partial charge in [-0.2, -0.15) is 0 Å². The number of fused-ring (bicyclic) bond motifs is 1. The minimum absolute atomic E-state index is 0. The van der Waals surface area contributed by atoms with E-state index in [1.165, 1.54) is 24.3 Å². The molecule has 1 amide bonds. The first-order valence-electron chi connectivity index (χ1n) is 12.0. The van der Waals surface area contributed by atoms with Gasteiger partial charge in [-0.3, -0.25) is 14.5 Å². The van der Waals surface area contributed by atoms with E-state index in [4.69, 9.17) is 0 Å². The molecule has 1 heterocycles. The summed E-state index contributed by atoms with van der Waals surface area (Å²) >= 11 is 0. The topological polar surface area (TPSA) is 88.2 Å². The molecule has 6 nitrogen and oxygen atoms in total. The number of alkyl halides is 2. The molecule has 1 unspecified atom stereocenters. The van der Waals surface area contributed by atoms with E-state index in [9.17, 15) is 22.0 Å². The molecule has 1 aliphatic carbocycles. The molecule has 0 fully saturated rings. The van der Waals surface area contributed by atoms with E-state index in [0.717, 1.165) is 18.1 Å². The first kappa shape index (κ1) is 28.0. The number of hydrogen-bond donors (Lipinski definition) is 2. The maximum Gasteiger partial charge on any atom is 0.270 e. The van der Waals surface area contributed by atoms with E-state index in [0.29, 0.717) is 35.3 Å². The van der Waals surface area contributed by atoms with E-state index in [1.54, 1.807) is 54.7 Å². The summed E-state index contributed by atoms with van der Waals surface area (Å²) in [5.41, 5.74) is 3.64. The molecule has 4 aromatic rings. The van der Waals surface area contributed by atoms with Crippen LogP contribution in [0.1, 0.15) is 34.0 Å². The molecule has 2 N–H and O–H groups in total. The highest BCUT2D eigenvalue weighted by atomic mass is 32.2. The predicted octanol–water partition coefficient (Wildman–Crippen LogP) is 5.71. The Kier molecular flexibility index (Phi) is 7.89.